The summed E-state index contributed by atoms with van der Waals surface area (Å²) >= 11 is 2.92. The summed E-state index contributed by atoms with van der Waals surface area (Å²) in [5.74, 6) is -2.12. The van der Waals surface area contributed by atoms with Crippen molar-refractivity contribution in [1.29, 1.82) is 0 Å². The molecule has 0 aliphatic carbocycles. The van der Waals surface area contributed by atoms with Crippen molar-refractivity contribution >= 4 is 31.9 Å². The van der Waals surface area contributed by atoms with Gasteiger partial charge in [-0.25, -0.2) is 12.8 Å². The number of carboxylic acid groups (broad SMARTS) is 1. The lowest BCUT2D eigenvalue weighted by molar-refractivity contribution is -0.140. The number of sulfonamides is 1. The van der Waals surface area contributed by atoms with E-state index in [2.05, 4.69) is 15.9 Å². The second-order valence-corrected chi connectivity index (χ2v) is 6.88. The molecule has 5 nitrogen and oxygen atoms in total. The molecule has 0 bridgehead atoms. The van der Waals surface area contributed by atoms with Gasteiger partial charge in [-0.15, -0.1) is 0 Å². The van der Waals surface area contributed by atoms with Crippen molar-refractivity contribution in [2.45, 2.75) is 23.8 Å². The van der Waals surface area contributed by atoms with Gasteiger partial charge in [-0.1, -0.05) is 6.07 Å². The third-order valence-corrected chi connectivity index (χ3v) is 5.53. The lowest BCUT2D eigenvalue weighted by Crippen LogP contribution is -2.40. The fourth-order valence-corrected chi connectivity index (χ4v) is 4.32. The minimum Gasteiger partial charge on any atom is -0.480 e. The number of carbonyl (C=O) groups is 1. The third-order valence-electron chi connectivity index (χ3n) is 2.99. The number of hydrogen-bond acceptors (Lipinski definition) is 3. The van der Waals surface area contributed by atoms with Crippen molar-refractivity contribution < 1.29 is 22.7 Å². The van der Waals surface area contributed by atoms with Gasteiger partial charge in [-0.3, -0.25) is 4.79 Å². The standard InChI is InChI=1S/C11H11BrFNO4S/c12-7-3-1-5-9(10(7)13)19(17,18)14-6-2-4-8(14)11(15)16/h1,3,5,8H,2,4,6H2,(H,15,16)/t8-/m1/s1. The predicted molar refractivity (Wildman–Crippen MR) is 68.6 cm³/mol. The Hall–Kier alpha value is -0.990. The SMILES string of the molecule is O=C(O)[C@H]1CCCN1S(=O)(=O)c1cccc(Br)c1F. The number of rotatable bonds is 3. The molecule has 1 fully saturated rings. The van der Waals surface area contributed by atoms with Gasteiger partial charge < -0.3 is 5.11 Å². The number of hydrogen-bond donors (Lipinski definition) is 1. The molecule has 1 aliphatic heterocycles. The van der Waals surface area contributed by atoms with Crippen LogP contribution < -0.4 is 0 Å². The van der Waals surface area contributed by atoms with E-state index in [0.717, 1.165) is 10.4 Å². The molecule has 1 aromatic carbocycles. The van der Waals surface area contributed by atoms with Gasteiger partial charge in [0.2, 0.25) is 10.0 Å². The number of benzene rings is 1. The summed E-state index contributed by atoms with van der Waals surface area (Å²) < 4.78 is 39.4. The zero-order valence-corrected chi connectivity index (χ0v) is 12.1. The Morgan fingerprint density at radius 2 is 2.16 bits per heavy atom. The average Bonchev–Trinajstić information content (AvgIpc) is 2.82. The normalized spacial score (nSPS) is 20.6. The molecule has 104 valence electrons. The molecule has 0 saturated carbocycles. The molecule has 1 saturated heterocycles. The van der Waals surface area contributed by atoms with E-state index < -0.39 is 32.7 Å². The molecule has 1 atom stereocenters. The number of aliphatic carboxylic acids is 1. The van der Waals surface area contributed by atoms with E-state index >= 15 is 0 Å². The fourth-order valence-electron chi connectivity index (χ4n) is 2.08. The van der Waals surface area contributed by atoms with E-state index in [4.69, 9.17) is 5.11 Å². The maximum atomic E-state index is 13.9. The highest BCUT2D eigenvalue weighted by Crippen LogP contribution is 2.30. The second kappa shape index (κ2) is 5.18. The first-order chi connectivity index (χ1) is 8.85. The van der Waals surface area contributed by atoms with E-state index in [-0.39, 0.29) is 17.4 Å². The predicted octanol–water partition coefficient (Wildman–Crippen LogP) is 1.83. The molecule has 1 N–H and O–H groups in total. The minimum absolute atomic E-state index is 0.0275. The first-order valence-electron chi connectivity index (χ1n) is 5.54. The molecule has 0 radical (unpaired) electrons. The van der Waals surface area contributed by atoms with Gasteiger partial charge in [0.25, 0.3) is 0 Å². The summed E-state index contributed by atoms with van der Waals surface area (Å²) in [5.41, 5.74) is 0. The highest BCUT2D eigenvalue weighted by molar-refractivity contribution is 9.10. The zero-order valence-electron chi connectivity index (χ0n) is 9.71. The van der Waals surface area contributed by atoms with Crippen LogP contribution in [-0.2, 0) is 14.8 Å². The zero-order chi connectivity index (χ0) is 14.2. The van der Waals surface area contributed by atoms with Crippen LogP contribution in [0.25, 0.3) is 0 Å². The molecule has 8 heteroatoms. The molecule has 0 spiro atoms. The smallest absolute Gasteiger partial charge is 0.322 e. The largest absolute Gasteiger partial charge is 0.480 e. The maximum Gasteiger partial charge on any atom is 0.322 e. The Morgan fingerprint density at radius 3 is 2.79 bits per heavy atom. The van der Waals surface area contributed by atoms with Gasteiger partial charge in [-0.2, -0.15) is 4.31 Å². The molecule has 1 aliphatic rings. The summed E-state index contributed by atoms with van der Waals surface area (Å²) in [6.07, 6.45) is 0.690. The van der Waals surface area contributed by atoms with Crippen LogP contribution in [0.4, 0.5) is 4.39 Å². The lowest BCUT2D eigenvalue weighted by Gasteiger charge is -2.21. The summed E-state index contributed by atoms with van der Waals surface area (Å²) in [6.45, 7) is 0.0885. The first-order valence-corrected chi connectivity index (χ1v) is 7.77. The summed E-state index contributed by atoms with van der Waals surface area (Å²) in [7, 11) is -4.14. The highest BCUT2D eigenvalue weighted by Gasteiger charge is 2.40. The lowest BCUT2D eigenvalue weighted by atomic mass is 10.2. The Balaban J connectivity index is 2.48. The van der Waals surface area contributed by atoms with Crippen LogP contribution in [0.1, 0.15) is 12.8 Å². The number of nitrogens with zero attached hydrogens (tertiary/aromatic N) is 1. The Kier molecular flexibility index (Phi) is 3.93. The van der Waals surface area contributed by atoms with E-state index in [9.17, 15) is 17.6 Å². The molecule has 2 rings (SSSR count). The quantitative estimate of drug-likeness (QED) is 0.901. The van der Waals surface area contributed by atoms with Gasteiger partial charge >= 0.3 is 5.97 Å². The monoisotopic (exact) mass is 351 g/mol. The Bertz CT molecular complexity index is 619. The molecule has 19 heavy (non-hydrogen) atoms. The van der Waals surface area contributed by atoms with Crippen LogP contribution in [-0.4, -0.2) is 36.4 Å². The Labute approximate surface area is 118 Å². The molecule has 0 amide bonds. The van der Waals surface area contributed by atoms with Crippen LogP contribution >= 0.6 is 15.9 Å². The molecule has 0 aromatic heterocycles. The van der Waals surface area contributed by atoms with E-state index in [0.29, 0.717) is 6.42 Å². The minimum atomic E-state index is -4.14. The summed E-state index contributed by atoms with van der Waals surface area (Å²) in [5, 5.41) is 9.01. The average molecular weight is 352 g/mol. The maximum absolute atomic E-state index is 13.9. The van der Waals surface area contributed by atoms with Crippen molar-refractivity contribution in [3.8, 4) is 0 Å². The second-order valence-electron chi connectivity index (χ2n) is 4.16. The Morgan fingerprint density at radius 1 is 1.47 bits per heavy atom. The molecular weight excluding hydrogens is 341 g/mol. The summed E-state index contributed by atoms with van der Waals surface area (Å²) in [4.78, 5) is 10.5. The van der Waals surface area contributed by atoms with E-state index in [1.807, 2.05) is 0 Å². The van der Waals surface area contributed by atoms with Gasteiger partial charge in [0.1, 0.15) is 10.9 Å². The van der Waals surface area contributed by atoms with Crippen molar-refractivity contribution in [3.63, 3.8) is 0 Å². The molecule has 1 heterocycles. The number of carboxylic acids is 1. The van der Waals surface area contributed by atoms with Crippen LogP contribution in [0.2, 0.25) is 0 Å². The van der Waals surface area contributed by atoms with Crippen molar-refractivity contribution in [3.05, 3.63) is 28.5 Å². The van der Waals surface area contributed by atoms with E-state index in [1.54, 1.807) is 0 Å². The van der Waals surface area contributed by atoms with Crippen molar-refractivity contribution in [1.82, 2.24) is 4.31 Å². The highest BCUT2D eigenvalue weighted by atomic mass is 79.9. The molecule has 1 aromatic rings. The van der Waals surface area contributed by atoms with Gasteiger partial charge in [0.05, 0.1) is 4.47 Å². The van der Waals surface area contributed by atoms with Crippen molar-refractivity contribution in [2.75, 3.05) is 6.54 Å². The molecule has 0 unspecified atom stereocenters. The van der Waals surface area contributed by atoms with E-state index in [1.165, 1.54) is 12.1 Å². The van der Waals surface area contributed by atoms with Gasteiger partial charge in [0, 0.05) is 6.54 Å². The van der Waals surface area contributed by atoms with Gasteiger partial charge in [-0.05, 0) is 40.9 Å². The van der Waals surface area contributed by atoms with Crippen molar-refractivity contribution in [2.24, 2.45) is 0 Å². The van der Waals surface area contributed by atoms with Crippen LogP contribution in [0.15, 0.2) is 27.6 Å². The first kappa shape index (κ1) is 14.4. The fraction of sp³-hybridized carbons (Fsp3) is 0.364. The topological polar surface area (TPSA) is 74.7 Å². The van der Waals surface area contributed by atoms with Crippen LogP contribution in [0.3, 0.4) is 0 Å². The third kappa shape index (κ3) is 2.52. The van der Waals surface area contributed by atoms with Gasteiger partial charge in [0.15, 0.2) is 5.82 Å². The van der Waals surface area contributed by atoms with Crippen LogP contribution in [0, 0.1) is 5.82 Å². The molecular formula is C11H11BrFNO4S. The van der Waals surface area contributed by atoms with Crippen LogP contribution in [0.5, 0.6) is 0 Å². The summed E-state index contributed by atoms with van der Waals surface area (Å²) in [6, 6.07) is 2.79. The number of halogens is 2.